The van der Waals surface area contributed by atoms with Crippen molar-refractivity contribution in [2.75, 3.05) is 26.7 Å². The van der Waals surface area contributed by atoms with Crippen molar-refractivity contribution in [1.29, 1.82) is 0 Å². The summed E-state index contributed by atoms with van der Waals surface area (Å²) in [5.41, 5.74) is 1.52. The number of amides is 2. The summed E-state index contributed by atoms with van der Waals surface area (Å²) in [7, 11) is 1.63. The lowest BCUT2D eigenvalue weighted by Crippen LogP contribution is -2.40. The van der Waals surface area contributed by atoms with Gasteiger partial charge in [-0.15, -0.1) is 11.3 Å². The van der Waals surface area contributed by atoms with E-state index >= 15 is 0 Å². The predicted octanol–water partition coefficient (Wildman–Crippen LogP) is 3.47. The molecule has 0 atom stereocenters. The normalized spacial score (nSPS) is 11.0. The predicted molar refractivity (Wildman–Crippen MR) is 109 cm³/mol. The minimum atomic E-state index is -0.314. The number of benzene rings is 1. The van der Waals surface area contributed by atoms with E-state index in [1.165, 1.54) is 28.4 Å². The number of carbonyl (C=O) groups excluding carboxylic acids is 2. The van der Waals surface area contributed by atoms with Crippen LogP contribution in [0.15, 0.2) is 30.3 Å². The van der Waals surface area contributed by atoms with Gasteiger partial charge in [-0.1, -0.05) is 0 Å². The molecule has 3 aromatic rings. The molecule has 0 aliphatic carbocycles. The van der Waals surface area contributed by atoms with Gasteiger partial charge in [0.25, 0.3) is 5.91 Å². The Morgan fingerprint density at radius 3 is 2.43 bits per heavy atom. The van der Waals surface area contributed by atoms with E-state index in [-0.39, 0.29) is 24.2 Å². The van der Waals surface area contributed by atoms with Crippen LogP contribution in [0.2, 0.25) is 0 Å². The van der Waals surface area contributed by atoms with Gasteiger partial charge in [0.1, 0.15) is 10.6 Å². The lowest BCUT2D eigenvalue weighted by molar-refractivity contribution is -0.131. The van der Waals surface area contributed by atoms with Crippen LogP contribution < -0.4 is 0 Å². The van der Waals surface area contributed by atoms with Crippen LogP contribution in [0.25, 0.3) is 15.9 Å². The molecule has 0 N–H and O–H groups in total. The van der Waals surface area contributed by atoms with Crippen molar-refractivity contribution >= 4 is 33.4 Å². The van der Waals surface area contributed by atoms with E-state index in [0.29, 0.717) is 18.0 Å². The molecule has 1 aromatic carbocycles. The first-order valence-electron chi connectivity index (χ1n) is 9.14. The quantitative estimate of drug-likeness (QED) is 0.634. The Kier molecular flexibility index (Phi) is 5.79. The highest BCUT2D eigenvalue weighted by molar-refractivity contribution is 7.20. The lowest BCUT2D eigenvalue weighted by atomic mass is 10.3. The van der Waals surface area contributed by atoms with E-state index in [9.17, 15) is 14.0 Å². The van der Waals surface area contributed by atoms with E-state index in [1.54, 1.807) is 28.8 Å². The maximum Gasteiger partial charge on any atom is 0.264 e. The minimum absolute atomic E-state index is 0.0395. The van der Waals surface area contributed by atoms with Gasteiger partial charge in [-0.2, -0.15) is 5.10 Å². The van der Waals surface area contributed by atoms with E-state index in [0.717, 1.165) is 21.6 Å². The Morgan fingerprint density at radius 1 is 1.18 bits per heavy atom. The van der Waals surface area contributed by atoms with Crippen molar-refractivity contribution in [3.8, 4) is 5.69 Å². The molecular formula is C20H23FN4O2S. The summed E-state index contributed by atoms with van der Waals surface area (Å²) in [5.74, 6) is -0.590. The average Bonchev–Trinajstić information content (AvgIpc) is 3.23. The number of aryl methyl sites for hydroxylation is 1. The van der Waals surface area contributed by atoms with Gasteiger partial charge < -0.3 is 9.80 Å². The fourth-order valence-corrected chi connectivity index (χ4v) is 4.23. The summed E-state index contributed by atoms with van der Waals surface area (Å²) >= 11 is 1.32. The highest BCUT2D eigenvalue weighted by atomic mass is 32.1. The van der Waals surface area contributed by atoms with Gasteiger partial charge in [0.15, 0.2) is 0 Å². The monoisotopic (exact) mass is 402 g/mol. The second-order valence-electron chi connectivity index (χ2n) is 6.53. The number of aromatic nitrogens is 2. The highest BCUT2D eigenvalue weighted by Crippen LogP contribution is 2.31. The zero-order chi connectivity index (χ0) is 20.4. The molecule has 2 heterocycles. The van der Waals surface area contributed by atoms with Crippen LogP contribution in [0.3, 0.4) is 0 Å². The number of fused-ring (bicyclic) bond motifs is 1. The fraction of sp³-hybridized carbons (Fsp3) is 0.350. The van der Waals surface area contributed by atoms with Crippen molar-refractivity contribution in [2.45, 2.75) is 20.8 Å². The SMILES string of the molecule is CCN(CC)C(=O)CN(C)C(=O)c1cc2c(C)nn(-c3ccc(F)cc3)c2s1. The van der Waals surface area contributed by atoms with E-state index in [2.05, 4.69) is 5.10 Å². The van der Waals surface area contributed by atoms with E-state index in [4.69, 9.17) is 0 Å². The Labute approximate surface area is 167 Å². The minimum Gasteiger partial charge on any atom is -0.342 e. The van der Waals surface area contributed by atoms with Crippen molar-refractivity contribution < 1.29 is 14.0 Å². The van der Waals surface area contributed by atoms with Crippen molar-refractivity contribution in [3.05, 3.63) is 46.7 Å². The molecule has 2 aromatic heterocycles. The number of hydrogen-bond acceptors (Lipinski definition) is 4. The Hall–Kier alpha value is -2.74. The van der Waals surface area contributed by atoms with Crippen molar-refractivity contribution in [3.63, 3.8) is 0 Å². The van der Waals surface area contributed by atoms with Gasteiger partial charge in [0.05, 0.1) is 22.8 Å². The van der Waals surface area contributed by atoms with Crippen LogP contribution in [-0.2, 0) is 4.79 Å². The molecule has 0 radical (unpaired) electrons. The first-order valence-corrected chi connectivity index (χ1v) is 9.95. The van der Waals surface area contributed by atoms with Crippen LogP contribution in [-0.4, -0.2) is 58.1 Å². The molecular weight excluding hydrogens is 379 g/mol. The summed E-state index contributed by atoms with van der Waals surface area (Å²) in [6.07, 6.45) is 0. The summed E-state index contributed by atoms with van der Waals surface area (Å²) in [5, 5.41) is 5.38. The summed E-state index contributed by atoms with van der Waals surface area (Å²) in [6, 6.07) is 7.87. The zero-order valence-electron chi connectivity index (χ0n) is 16.4. The average molecular weight is 402 g/mol. The van der Waals surface area contributed by atoms with Gasteiger partial charge >= 0.3 is 0 Å². The van der Waals surface area contributed by atoms with E-state index in [1.807, 2.05) is 26.8 Å². The number of thiophene rings is 1. The topological polar surface area (TPSA) is 58.4 Å². The fourth-order valence-electron chi connectivity index (χ4n) is 3.05. The molecule has 0 saturated carbocycles. The van der Waals surface area contributed by atoms with Crippen LogP contribution >= 0.6 is 11.3 Å². The number of hydrogen-bond donors (Lipinski definition) is 0. The third-order valence-corrected chi connectivity index (χ3v) is 5.76. The van der Waals surface area contributed by atoms with Gasteiger partial charge in [-0.25, -0.2) is 9.07 Å². The molecule has 0 saturated heterocycles. The number of halogens is 1. The van der Waals surface area contributed by atoms with Crippen LogP contribution in [0.1, 0.15) is 29.2 Å². The zero-order valence-corrected chi connectivity index (χ0v) is 17.2. The molecule has 3 rings (SSSR count). The molecule has 0 bridgehead atoms. The molecule has 2 amide bonds. The molecule has 6 nitrogen and oxygen atoms in total. The Morgan fingerprint density at radius 2 is 1.82 bits per heavy atom. The summed E-state index contributed by atoms with van der Waals surface area (Å²) in [6.45, 7) is 6.98. The van der Waals surface area contributed by atoms with Crippen molar-refractivity contribution in [2.24, 2.45) is 0 Å². The third kappa shape index (κ3) is 3.77. The molecule has 0 unspecified atom stereocenters. The molecule has 0 fully saturated rings. The van der Waals surface area contributed by atoms with E-state index < -0.39 is 0 Å². The maximum atomic E-state index is 13.2. The third-order valence-electron chi connectivity index (χ3n) is 4.66. The summed E-state index contributed by atoms with van der Waals surface area (Å²) < 4.78 is 14.9. The molecule has 0 aliphatic rings. The second-order valence-corrected chi connectivity index (χ2v) is 7.56. The number of rotatable bonds is 6. The first-order chi connectivity index (χ1) is 13.3. The van der Waals surface area contributed by atoms with Crippen LogP contribution in [0.5, 0.6) is 0 Å². The smallest absolute Gasteiger partial charge is 0.264 e. The molecule has 148 valence electrons. The summed E-state index contributed by atoms with van der Waals surface area (Å²) in [4.78, 5) is 29.6. The van der Waals surface area contributed by atoms with Gasteiger partial charge in [0.2, 0.25) is 5.91 Å². The van der Waals surface area contributed by atoms with Gasteiger partial charge in [-0.05, 0) is 51.1 Å². The van der Waals surface area contributed by atoms with Crippen LogP contribution in [0, 0.1) is 12.7 Å². The van der Waals surface area contributed by atoms with Gasteiger partial charge in [0, 0.05) is 25.5 Å². The number of likely N-dealkylation sites (N-methyl/N-ethyl adjacent to an activating group) is 2. The Balaban J connectivity index is 1.88. The van der Waals surface area contributed by atoms with Crippen molar-refractivity contribution in [1.82, 2.24) is 19.6 Å². The molecule has 8 heteroatoms. The maximum absolute atomic E-state index is 13.2. The number of carbonyl (C=O) groups is 2. The molecule has 0 spiro atoms. The highest BCUT2D eigenvalue weighted by Gasteiger charge is 2.22. The first kappa shape index (κ1) is 20.0. The molecule has 28 heavy (non-hydrogen) atoms. The van der Waals surface area contributed by atoms with Crippen LogP contribution in [0.4, 0.5) is 4.39 Å². The molecule has 0 aliphatic heterocycles. The lowest BCUT2D eigenvalue weighted by Gasteiger charge is -2.22. The number of nitrogens with zero attached hydrogens (tertiary/aromatic N) is 4. The standard InChI is InChI=1S/C20H23FN4O2S/c1-5-24(6-2)18(26)12-23(4)19(27)17-11-16-13(3)22-25(20(16)28-17)15-9-7-14(21)8-10-15/h7-11H,5-6,12H2,1-4H3. The second kappa shape index (κ2) is 8.10. The largest absolute Gasteiger partial charge is 0.342 e. The Bertz CT molecular complexity index is 1010. The van der Waals surface area contributed by atoms with Gasteiger partial charge in [-0.3, -0.25) is 9.59 Å².